The summed E-state index contributed by atoms with van der Waals surface area (Å²) >= 11 is 10.6. The number of benzene rings is 3. The van der Waals surface area contributed by atoms with Crippen LogP contribution in [0.25, 0.3) is 11.1 Å². The molecule has 230 valence electrons. The van der Waals surface area contributed by atoms with Crippen LogP contribution >= 0.6 is 24.2 Å². The summed E-state index contributed by atoms with van der Waals surface area (Å²) in [5.74, 6) is -1.85. The highest BCUT2D eigenvalue weighted by atomic mass is 35.5. The first-order valence-electron chi connectivity index (χ1n) is 13.8. The third-order valence-corrected chi connectivity index (χ3v) is 8.59. The number of halogens is 2. The van der Waals surface area contributed by atoms with Crippen molar-refractivity contribution in [2.45, 2.75) is 56.2 Å². The van der Waals surface area contributed by atoms with E-state index >= 15 is 4.39 Å². The van der Waals surface area contributed by atoms with Crippen LogP contribution in [0.3, 0.4) is 0 Å². The molecule has 3 aromatic carbocycles. The van der Waals surface area contributed by atoms with Gasteiger partial charge in [0, 0.05) is 60.8 Å². The maximum absolute atomic E-state index is 15.3. The Hall–Kier alpha value is -3.41. The molecule has 0 saturated carbocycles. The lowest BCUT2D eigenvalue weighted by molar-refractivity contribution is -0.132. The average Bonchev–Trinajstić information content (AvgIpc) is 2.94. The van der Waals surface area contributed by atoms with Gasteiger partial charge in [0.15, 0.2) is 0 Å². The fourth-order valence-corrected chi connectivity index (χ4v) is 6.20. The van der Waals surface area contributed by atoms with Gasteiger partial charge in [0.25, 0.3) is 10.0 Å². The van der Waals surface area contributed by atoms with Gasteiger partial charge in [-0.3, -0.25) is 14.4 Å². The van der Waals surface area contributed by atoms with E-state index in [4.69, 9.17) is 11.6 Å². The van der Waals surface area contributed by atoms with E-state index in [1.807, 2.05) is 29.8 Å². The molecule has 0 unspecified atom stereocenters. The summed E-state index contributed by atoms with van der Waals surface area (Å²) in [6, 6.07) is 17.6. The van der Waals surface area contributed by atoms with Crippen LogP contribution in [0, 0.1) is 5.82 Å². The number of nitrogens with one attached hydrogen (secondary N) is 2. The molecule has 0 aliphatic rings. The molecule has 0 spiro atoms. The van der Waals surface area contributed by atoms with Gasteiger partial charge in [-0.2, -0.15) is 12.6 Å². The molecule has 0 fully saturated rings. The van der Waals surface area contributed by atoms with Crippen LogP contribution in [0.1, 0.15) is 44.2 Å². The van der Waals surface area contributed by atoms with Crippen molar-refractivity contribution >= 4 is 52.0 Å². The van der Waals surface area contributed by atoms with Crippen molar-refractivity contribution in [3.63, 3.8) is 0 Å². The van der Waals surface area contributed by atoms with Crippen LogP contribution < -0.4 is 10.0 Å². The monoisotopic (exact) mass is 647 g/mol. The summed E-state index contributed by atoms with van der Waals surface area (Å²) in [7, 11) is -4.16. The van der Waals surface area contributed by atoms with Crippen molar-refractivity contribution in [2.75, 3.05) is 13.1 Å². The predicted octanol–water partition coefficient (Wildman–Crippen LogP) is 5.15. The van der Waals surface area contributed by atoms with E-state index < -0.39 is 21.7 Å². The number of thiol groups is 1. The number of rotatable bonds is 14. The second-order valence-electron chi connectivity index (χ2n) is 10.1. The molecule has 0 aliphatic carbocycles. The van der Waals surface area contributed by atoms with E-state index in [0.29, 0.717) is 24.4 Å². The Balaban J connectivity index is 1.68. The number of amides is 3. The summed E-state index contributed by atoms with van der Waals surface area (Å²) in [4.78, 5) is 38.1. The van der Waals surface area contributed by atoms with Crippen LogP contribution in [-0.4, -0.2) is 49.4 Å². The minimum absolute atomic E-state index is 0.0290. The topological polar surface area (TPSA) is 113 Å². The summed E-state index contributed by atoms with van der Waals surface area (Å²) in [5.41, 5.74) is 1.72. The van der Waals surface area contributed by atoms with Crippen LogP contribution in [-0.2, 0) is 37.4 Å². The third kappa shape index (κ3) is 10.4. The largest absolute Gasteiger partial charge is 0.355 e. The molecule has 0 radical (unpaired) electrons. The maximum Gasteiger partial charge on any atom is 0.264 e. The number of hydrogen-bond donors (Lipinski definition) is 3. The van der Waals surface area contributed by atoms with Crippen LogP contribution in [0.15, 0.2) is 71.6 Å². The molecule has 12 heteroatoms. The summed E-state index contributed by atoms with van der Waals surface area (Å²) in [5, 5.41) is 3.33. The van der Waals surface area contributed by atoms with E-state index in [1.54, 1.807) is 18.2 Å². The average molecular weight is 648 g/mol. The molecule has 0 aromatic heterocycles. The number of carbonyl (C=O) groups is 3. The van der Waals surface area contributed by atoms with Gasteiger partial charge in [-0.15, -0.1) is 0 Å². The molecule has 0 heterocycles. The number of sulfonamides is 1. The maximum atomic E-state index is 15.3. The van der Waals surface area contributed by atoms with Gasteiger partial charge in [-0.05, 0) is 48.2 Å². The van der Waals surface area contributed by atoms with Crippen LogP contribution in [0.4, 0.5) is 4.39 Å². The molecular formula is C31H35ClFN3O5S2. The van der Waals surface area contributed by atoms with Crippen molar-refractivity contribution in [1.82, 2.24) is 14.9 Å². The standard InChI is InChI=1S/C31H35ClFN3O5S2/c1-3-7-31(39)36(15-14-30(38)34-19-26(42)17-22-8-6-9-25(32)16-22)20-24-13-12-23(18-28(24)33)27-10-4-5-11-29(27)43(40,41)35-21(2)37/h4-6,8-13,16,18,26,42H,3,7,14-15,17,19-20H2,1-2H3,(H,34,38)(H,35,37)/t26-/m1/s1. The molecule has 3 aromatic rings. The van der Waals surface area contributed by atoms with Gasteiger partial charge in [-0.1, -0.05) is 61.0 Å². The minimum atomic E-state index is -4.16. The summed E-state index contributed by atoms with van der Waals surface area (Å²) < 4.78 is 42.6. The lowest BCUT2D eigenvalue weighted by Crippen LogP contribution is -2.36. The van der Waals surface area contributed by atoms with E-state index in [1.165, 1.54) is 35.2 Å². The van der Waals surface area contributed by atoms with Crippen molar-refractivity contribution in [3.8, 4) is 11.1 Å². The zero-order valence-electron chi connectivity index (χ0n) is 24.0. The second-order valence-corrected chi connectivity index (χ2v) is 12.9. The van der Waals surface area contributed by atoms with Crippen molar-refractivity contribution in [3.05, 3.63) is 88.7 Å². The highest BCUT2D eigenvalue weighted by Gasteiger charge is 2.22. The fourth-order valence-electron chi connectivity index (χ4n) is 4.46. The first-order chi connectivity index (χ1) is 20.4. The van der Waals surface area contributed by atoms with Gasteiger partial charge in [0.2, 0.25) is 17.7 Å². The molecule has 8 nitrogen and oxygen atoms in total. The van der Waals surface area contributed by atoms with E-state index in [2.05, 4.69) is 17.9 Å². The Morgan fingerprint density at radius 2 is 1.77 bits per heavy atom. The van der Waals surface area contributed by atoms with Crippen LogP contribution in [0.2, 0.25) is 5.02 Å². The summed E-state index contributed by atoms with van der Waals surface area (Å²) in [6.45, 7) is 3.30. The fraction of sp³-hybridized carbons (Fsp3) is 0.323. The zero-order chi connectivity index (χ0) is 31.6. The number of nitrogens with zero attached hydrogens (tertiary/aromatic N) is 1. The molecular weight excluding hydrogens is 613 g/mol. The molecule has 3 rings (SSSR count). The third-order valence-electron chi connectivity index (χ3n) is 6.50. The van der Waals surface area contributed by atoms with Gasteiger partial charge >= 0.3 is 0 Å². The Kier molecular flexibility index (Phi) is 12.6. The van der Waals surface area contributed by atoms with Crippen molar-refractivity contribution < 1.29 is 27.2 Å². The molecule has 0 bridgehead atoms. The van der Waals surface area contributed by atoms with E-state index in [0.717, 1.165) is 12.5 Å². The molecule has 1 atom stereocenters. The second kappa shape index (κ2) is 15.9. The van der Waals surface area contributed by atoms with Gasteiger partial charge in [0.1, 0.15) is 5.82 Å². The molecule has 3 amide bonds. The first kappa shape index (κ1) is 34.1. The smallest absolute Gasteiger partial charge is 0.264 e. The Bertz CT molecular complexity index is 1570. The number of hydrogen-bond acceptors (Lipinski definition) is 6. The predicted molar refractivity (Wildman–Crippen MR) is 169 cm³/mol. The Labute approximate surface area is 262 Å². The number of carbonyl (C=O) groups excluding carboxylic acids is 3. The lowest BCUT2D eigenvalue weighted by atomic mass is 10.0. The van der Waals surface area contributed by atoms with Gasteiger partial charge in [0.05, 0.1) is 4.90 Å². The quantitative estimate of drug-likeness (QED) is 0.210. The normalized spacial score (nSPS) is 11.9. The Morgan fingerprint density at radius 1 is 1.02 bits per heavy atom. The first-order valence-corrected chi connectivity index (χ1v) is 16.2. The summed E-state index contributed by atoms with van der Waals surface area (Å²) in [6.07, 6.45) is 1.48. The van der Waals surface area contributed by atoms with E-state index in [9.17, 15) is 22.8 Å². The van der Waals surface area contributed by atoms with Gasteiger partial charge < -0.3 is 10.2 Å². The van der Waals surface area contributed by atoms with E-state index in [-0.39, 0.29) is 64.6 Å². The molecule has 2 N–H and O–H groups in total. The van der Waals surface area contributed by atoms with Crippen LogP contribution in [0.5, 0.6) is 0 Å². The Morgan fingerprint density at radius 3 is 2.44 bits per heavy atom. The SMILES string of the molecule is CCCC(=O)N(CCC(=O)NC[C@H](S)Cc1cccc(Cl)c1)Cc1ccc(-c2ccccc2S(=O)(=O)NC(C)=O)cc1F. The molecule has 0 aliphatic heterocycles. The highest BCUT2D eigenvalue weighted by molar-refractivity contribution is 7.90. The van der Waals surface area contributed by atoms with Crippen molar-refractivity contribution in [1.29, 1.82) is 0 Å². The zero-order valence-corrected chi connectivity index (χ0v) is 26.4. The molecule has 43 heavy (non-hydrogen) atoms. The highest BCUT2D eigenvalue weighted by Crippen LogP contribution is 2.29. The van der Waals surface area contributed by atoms with Crippen molar-refractivity contribution in [2.24, 2.45) is 0 Å². The minimum Gasteiger partial charge on any atom is -0.355 e. The lowest BCUT2D eigenvalue weighted by Gasteiger charge is -2.23. The molecule has 0 saturated heterocycles. The van der Waals surface area contributed by atoms with Gasteiger partial charge in [-0.25, -0.2) is 17.5 Å².